The average molecular weight is 466 g/mol. The summed E-state index contributed by atoms with van der Waals surface area (Å²) >= 11 is 1.21. The van der Waals surface area contributed by atoms with Crippen molar-refractivity contribution in [2.45, 2.75) is 32.5 Å². The maximum Gasteiger partial charge on any atom is 0.340 e. The van der Waals surface area contributed by atoms with Crippen LogP contribution in [0.4, 0.5) is 0 Å². The molecule has 4 aromatic rings. The van der Waals surface area contributed by atoms with Crippen LogP contribution in [0.1, 0.15) is 39.0 Å². The first-order chi connectivity index (χ1) is 15.9. The molecule has 0 unspecified atom stereocenters. The van der Waals surface area contributed by atoms with E-state index in [-0.39, 0.29) is 30.2 Å². The summed E-state index contributed by atoms with van der Waals surface area (Å²) in [4.78, 5) is 41.2. The van der Waals surface area contributed by atoms with Crippen LogP contribution in [0, 0.1) is 13.8 Å². The van der Waals surface area contributed by atoms with Crippen molar-refractivity contribution < 1.29 is 14.3 Å². The molecule has 0 aliphatic heterocycles. The molecule has 0 spiro atoms. The number of H-pyrrole nitrogens is 1. The van der Waals surface area contributed by atoms with E-state index in [1.54, 1.807) is 43.4 Å². The zero-order chi connectivity index (χ0) is 23.7. The van der Waals surface area contributed by atoms with Crippen LogP contribution in [-0.2, 0) is 11.3 Å². The highest BCUT2D eigenvalue weighted by atomic mass is 32.2. The van der Waals surface area contributed by atoms with E-state index in [9.17, 15) is 14.4 Å². The summed E-state index contributed by atoms with van der Waals surface area (Å²) in [5.74, 6) is -0.189. The number of hydrogen-bond acceptors (Lipinski definition) is 7. The van der Waals surface area contributed by atoms with Crippen LogP contribution in [0.25, 0.3) is 16.7 Å². The number of hydrogen-bond donors (Lipinski definition) is 1. The summed E-state index contributed by atoms with van der Waals surface area (Å²) < 4.78 is 8.37. The number of aromatic amines is 1. The number of aryl methyl sites for hydroxylation is 1. The second kappa shape index (κ2) is 9.07. The lowest BCUT2D eigenvalue weighted by molar-refractivity contribution is 0.0525. The number of esters is 1. The first-order valence-electron chi connectivity index (χ1n) is 10.4. The Morgan fingerprint density at radius 1 is 1.24 bits per heavy atom. The molecule has 3 heterocycles. The number of allylic oxidation sites excluding steroid dienone is 1. The van der Waals surface area contributed by atoms with Crippen LogP contribution in [-0.4, -0.2) is 48.3 Å². The van der Waals surface area contributed by atoms with E-state index in [4.69, 9.17) is 4.74 Å². The maximum atomic E-state index is 13.0. The highest BCUT2D eigenvalue weighted by molar-refractivity contribution is 7.99. The molecule has 0 amide bonds. The minimum Gasteiger partial charge on any atom is -0.462 e. The minimum absolute atomic E-state index is 0.0682. The largest absolute Gasteiger partial charge is 0.462 e. The van der Waals surface area contributed by atoms with Crippen molar-refractivity contribution in [3.8, 4) is 0 Å². The summed E-state index contributed by atoms with van der Waals surface area (Å²) in [5, 5.41) is 9.45. The predicted octanol–water partition coefficient (Wildman–Crippen LogP) is 3.33. The lowest BCUT2D eigenvalue weighted by Crippen LogP contribution is -2.22. The molecule has 0 fully saturated rings. The van der Waals surface area contributed by atoms with Gasteiger partial charge in [-0.1, -0.05) is 30.0 Å². The van der Waals surface area contributed by atoms with Gasteiger partial charge in [0.25, 0.3) is 5.56 Å². The molecule has 0 aliphatic carbocycles. The Bertz CT molecular complexity index is 1460. The number of aromatic nitrogens is 5. The third-order valence-corrected chi connectivity index (χ3v) is 6.25. The highest BCUT2D eigenvalue weighted by Crippen LogP contribution is 2.25. The SMILES string of the molecule is C=CCn1c(=O)c2ccccc2n2c(SCC(=O)c3[nH]c(C)c(C(=O)OCC)c3C)nnc12. The standard InChI is InChI=1S/C23H23N5O4S/c1-5-11-27-20(30)15-9-7-8-10-16(15)28-22(27)25-26-23(28)33-12-17(29)19-13(3)18(14(4)24-19)21(31)32-6-2/h5,7-10,24H,1,6,11-12H2,2-4H3. The van der Waals surface area contributed by atoms with Crippen molar-refractivity contribution in [2.75, 3.05) is 12.4 Å². The number of ether oxygens (including phenoxy) is 1. The lowest BCUT2D eigenvalue weighted by Gasteiger charge is -2.09. The number of benzene rings is 1. The van der Waals surface area contributed by atoms with Gasteiger partial charge in [-0.2, -0.15) is 0 Å². The van der Waals surface area contributed by atoms with Crippen LogP contribution in [0.15, 0.2) is 46.9 Å². The van der Waals surface area contributed by atoms with Crippen LogP contribution >= 0.6 is 11.8 Å². The maximum absolute atomic E-state index is 13.0. The third kappa shape index (κ3) is 3.86. The van der Waals surface area contributed by atoms with Gasteiger partial charge in [0.05, 0.1) is 34.5 Å². The predicted molar refractivity (Wildman–Crippen MR) is 126 cm³/mol. The molecule has 10 heteroatoms. The van der Waals surface area contributed by atoms with E-state index >= 15 is 0 Å². The molecule has 9 nitrogen and oxygen atoms in total. The fourth-order valence-corrected chi connectivity index (χ4v) is 4.67. The van der Waals surface area contributed by atoms with Gasteiger partial charge in [-0.3, -0.25) is 18.6 Å². The van der Waals surface area contributed by atoms with Crippen molar-refractivity contribution in [3.63, 3.8) is 0 Å². The topological polar surface area (TPSA) is 111 Å². The van der Waals surface area contributed by atoms with Crippen LogP contribution in [0.2, 0.25) is 0 Å². The zero-order valence-electron chi connectivity index (χ0n) is 18.5. The summed E-state index contributed by atoms with van der Waals surface area (Å²) in [6.07, 6.45) is 1.62. The Morgan fingerprint density at radius 2 is 2.00 bits per heavy atom. The van der Waals surface area contributed by atoms with E-state index in [2.05, 4.69) is 21.8 Å². The Labute approximate surface area is 193 Å². The number of carbonyl (C=O) groups is 2. The molecule has 0 atom stereocenters. The Hall–Kier alpha value is -3.66. The molecule has 0 saturated heterocycles. The zero-order valence-corrected chi connectivity index (χ0v) is 19.4. The van der Waals surface area contributed by atoms with Crippen molar-refractivity contribution >= 4 is 40.2 Å². The van der Waals surface area contributed by atoms with Crippen LogP contribution in [0.3, 0.4) is 0 Å². The Kier molecular flexibility index (Phi) is 6.19. The Balaban J connectivity index is 1.70. The van der Waals surface area contributed by atoms with E-state index in [0.29, 0.717) is 44.4 Å². The third-order valence-electron chi connectivity index (χ3n) is 5.32. The number of rotatable bonds is 8. The molecule has 0 saturated carbocycles. The van der Waals surface area contributed by atoms with Gasteiger partial charge in [-0.05, 0) is 38.5 Å². The second-order valence-corrected chi connectivity index (χ2v) is 8.34. The molecule has 3 aromatic heterocycles. The van der Waals surface area contributed by atoms with Gasteiger partial charge in [0, 0.05) is 12.2 Å². The fourth-order valence-electron chi connectivity index (χ4n) is 3.86. The van der Waals surface area contributed by atoms with Gasteiger partial charge in [0.1, 0.15) is 0 Å². The number of Topliss-reactive ketones (excluding diaryl/α,β-unsaturated/α-hetero) is 1. The van der Waals surface area contributed by atoms with E-state index in [1.165, 1.54) is 16.3 Å². The van der Waals surface area contributed by atoms with Gasteiger partial charge < -0.3 is 9.72 Å². The molecule has 0 aliphatic rings. The van der Waals surface area contributed by atoms with Gasteiger partial charge in [-0.15, -0.1) is 16.8 Å². The number of fused-ring (bicyclic) bond motifs is 3. The lowest BCUT2D eigenvalue weighted by atomic mass is 10.1. The number of ketones is 1. The first kappa shape index (κ1) is 22.5. The van der Waals surface area contributed by atoms with Gasteiger partial charge >= 0.3 is 5.97 Å². The number of para-hydroxylation sites is 1. The van der Waals surface area contributed by atoms with E-state index < -0.39 is 5.97 Å². The quantitative estimate of drug-likeness (QED) is 0.184. The van der Waals surface area contributed by atoms with Crippen LogP contribution < -0.4 is 5.56 Å². The highest BCUT2D eigenvalue weighted by Gasteiger charge is 2.24. The molecule has 1 aromatic carbocycles. The molecular formula is C23H23N5O4S. The summed E-state index contributed by atoms with van der Waals surface area (Å²) in [6, 6.07) is 7.20. The van der Waals surface area contributed by atoms with E-state index in [1.807, 2.05) is 12.1 Å². The number of nitrogens with zero attached hydrogens (tertiary/aromatic N) is 4. The normalized spacial score (nSPS) is 11.2. The van der Waals surface area contributed by atoms with Crippen molar-refractivity contribution in [2.24, 2.45) is 0 Å². The monoisotopic (exact) mass is 465 g/mol. The smallest absolute Gasteiger partial charge is 0.340 e. The molecule has 0 radical (unpaired) electrons. The number of carbonyl (C=O) groups excluding carboxylic acids is 2. The molecular weight excluding hydrogens is 442 g/mol. The van der Waals surface area contributed by atoms with Gasteiger partial charge in [-0.25, -0.2) is 4.79 Å². The number of nitrogens with one attached hydrogen (secondary N) is 1. The molecule has 170 valence electrons. The summed E-state index contributed by atoms with van der Waals surface area (Å²) in [6.45, 7) is 9.46. The minimum atomic E-state index is -0.453. The number of thioether (sulfide) groups is 1. The van der Waals surface area contributed by atoms with Crippen LogP contribution in [0.5, 0.6) is 0 Å². The van der Waals surface area contributed by atoms with Crippen molar-refractivity contribution in [1.82, 2.24) is 24.1 Å². The van der Waals surface area contributed by atoms with E-state index in [0.717, 1.165) is 0 Å². The molecule has 0 bridgehead atoms. The van der Waals surface area contributed by atoms with Gasteiger partial charge in [0.2, 0.25) is 5.78 Å². The second-order valence-electron chi connectivity index (χ2n) is 7.40. The summed E-state index contributed by atoms with van der Waals surface area (Å²) in [5.41, 5.74) is 2.39. The van der Waals surface area contributed by atoms with Crippen molar-refractivity contribution in [1.29, 1.82) is 0 Å². The molecule has 33 heavy (non-hydrogen) atoms. The van der Waals surface area contributed by atoms with Gasteiger partial charge in [0.15, 0.2) is 10.9 Å². The first-order valence-corrected chi connectivity index (χ1v) is 11.4. The fraction of sp³-hybridized carbons (Fsp3) is 0.261. The molecule has 1 N–H and O–H groups in total. The Morgan fingerprint density at radius 3 is 2.73 bits per heavy atom. The molecule has 4 rings (SSSR count). The van der Waals surface area contributed by atoms with Crippen molar-refractivity contribution in [3.05, 3.63) is 69.8 Å². The average Bonchev–Trinajstić information content (AvgIpc) is 3.35. The summed E-state index contributed by atoms with van der Waals surface area (Å²) in [7, 11) is 0.